The number of ether oxygens (including phenoxy) is 1. The number of methoxy groups -OCH3 is 1. The Balaban J connectivity index is 3.00. The molecule has 0 radical (unpaired) electrons. The zero-order chi connectivity index (χ0) is 12.1. The molecule has 1 aromatic rings. The SMILES string of the molecule is COc1ccc(NC(C)=O)cc1CC(C)=O. The van der Waals surface area contributed by atoms with Crippen molar-refractivity contribution in [3.8, 4) is 5.75 Å². The van der Waals surface area contributed by atoms with Crippen LogP contribution in [0, 0.1) is 0 Å². The molecule has 0 unspecified atom stereocenters. The third-order valence-corrected chi connectivity index (χ3v) is 2.04. The van der Waals surface area contributed by atoms with Crippen LogP contribution in [0.15, 0.2) is 18.2 Å². The van der Waals surface area contributed by atoms with Gasteiger partial charge in [0.05, 0.1) is 7.11 Å². The van der Waals surface area contributed by atoms with Gasteiger partial charge < -0.3 is 10.1 Å². The van der Waals surface area contributed by atoms with Gasteiger partial charge in [-0.15, -0.1) is 0 Å². The van der Waals surface area contributed by atoms with E-state index in [1.165, 1.54) is 13.8 Å². The lowest BCUT2D eigenvalue weighted by Gasteiger charge is -2.09. The van der Waals surface area contributed by atoms with Gasteiger partial charge in [0.1, 0.15) is 11.5 Å². The molecule has 1 amide bonds. The van der Waals surface area contributed by atoms with E-state index in [9.17, 15) is 9.59 Å². The minimum Gasteiger partial charge on any atom is -0.496 e. The van der Waals surface area contributed by atoms with E-state index >= 15 is 0 Å². The Labute approximate surface area is 94.6 Å². The first-order chi connectivity index (χ1) is 7.52. The predicted octanol–water partition coefficient (Wildman–Crippen LogP) is 1.79. The summed E-state index contributed by atoms with van der Waals surface area (Å²) >= 11 is 0. The third-order valence-electron chi connectivity index (χ3n) is 2.04. The van der Waals surface area contributed by atoms with Gasteiger partial charge >= 0.3 is 0 Å². The molecule has 0 saturated carbocycles. The molecule has 0 fully saturated rings. The molecular weight excluding hydrogens is 206 g/mol. The van der Waals surface area contributed by atoms with Gasteiger partial charge in [0, 0.05) is 24.6 Å². The Bertz CT molecular complexity index is 413. The van der Waals surface area contributed by atoms with E-state index in [2.05, 4.69) is 5.32 Å². The molecule has 0 saturated heterocycles. The number of nitrogens with one attached hydrogen (secondary N) is 1. The first kappa shape index (κ1) is 12.2. The molecule has 0 aliphatic carbocycles. The van der Waals surface area contributed by atoms with E-state index in [1.807, 2.05) is 0 Å². The van der Waals surface area contributed by atoms with Crippen molar-refractivity contribution < 1.29 is 14.3 Å². The molecule has 1 N–H and O–H groups in total. The van der Waals surface area contributed by atoms with E-state index in [1.54, 1.807) is 25.3 Å². The molecule has 0 spiro atoms. The number of benzene rings is 1. The summed E-state index contributed by atoms with van der Waals surface area (Å²) in [6.07, 6.45) is 0.302. The molecule has 0 bridgehead atoms. The summed E-state index contributed by atoms with van der Waals surface area (Å²) < 4.78 is 5.14. The third kappa shape index (κ3) is 3.38. The number of carbonyl (C=O) groups is 2. The Morgan fingerprint density at radius 2 is 2.00 bits per heavy atom. The number of rotatable bonds is 4. The average Bonchev–Trinajstić information content (AvgIpc) is 2.16. The van der Waals surface area contributed by atoms with Crippen LogP contribution in [0.4, 0.5) is 5.69 Å². The molecular formula is C12H15NO3. The Morgan fingerprint density at radius 3 is 2.50 bits per heavy atom. The van der Waals surface area contributed by atoms with Crippen LogP contribution in [0.3, 0.4) is 0 Å². The summed E-state index contributed by atoms with van der Waals surface area (Å²) in [4.78, 5) is 22.0. The van der Waals surface area contributed by atoms with Gasteiger partial charge in [-0.1, -0.05) is 0 Å². The predicted molar refractivity (Wildman–Crippen MR) is 61.7 cm³/mol. The van der Waals surface area contributed by atoms with Gasteiger partial charge in [-0.25, -0.2) is 0 Å². The van der Waals surface area contributed by atoms with E-state index in [0.29, 0.717) is 17.9 Å². The first-order valence-corrected chi connectivity index (χ1v) is 4.97. The van der Waals surface area contributed by atoms with Gasteiger partial charge in [-0.3, -0.25) is 9.59 Å². The van der Waals surface area contributed by atoms with Crippen LogP contribution in [0.5, 0.6) is 5.75 Å². The van der Waals surface area contributed by atoms with E-state index in [4.69, 9.17) is 4.74 Å². The maximum Gasteiger partial charge on any atom is 0.221 e. The van der Waals surface area contributed by atoms with Crippen LogP contribution >= 0.6 is 0 Å². The minimum atomic E-state index is -0.140. The van der Waals surface area contributed by atoms with Gasteiger partial charge in [0.2, 0.25) is 5.91 Å². The van der Waals surface area contributed by atoms with Crippen LogP contribution in [-0.4, -0.2) is 18.8 Å². The van der Waals surface area contributed by atoms with Crippen molar-refractivity contribution in [2.45, 2.75) is 20.3 Å². The fourth-order valence-corrected chi connectivity index (χ4v) is 1.47. The Kier molecular flexibility index (Phi) is 4.05. The van der Waals surface area contributed by atoms with Crippen LogP contribution in [0.1, 0.15) is 19.4 Å². The van der Waals surface area contributed by atoms with Crippen molar-refractivity contribution in [1.82, 2.24) is 0 Å². The summed E-state index contributed by atoms with van der Waals surface area (Å²) in [6, 6.07) is 5.23. The van der Waals surface area contributed by atoms with Crippen molar-refractivity contribution in [3.05, 3.63) is 23.8 Å². The number of hydrogen-bond acceptors (Lipinski definition) is 3. The Morgan fingerprint density at radius 1 is 1.31 bits per heavy atom. The number of Topliss-reactive ketones (excluding diaryl/α,β-unsaturated/α-hetero) is 1. The highest BCUT2D eigenvalue weighted by Gasteiger charge is 2.07. The fourth-order valence-electron chi connectivity index (χ4n) is 1.47. The standard InChI is InChI=1S/C12H15NO3/c1-8(14)6-10-7-11(13-9(2)15)4-5-12(10)16-3/h4-5,7H,6H2,1-3H3,(H,13,15). The summed E-state index contributed by atoms with van der Waals surface area (Å²) in [5, 5.41) is 2.66. The van der Waals surface area contributed by atoms with Crippen LogP contribution in [0.2, 0.25) is 0 Å². The summed E-state index contributed by atoms with van der Waals surface area (Å²) in [7, 11) is 1.55. The van der Waals surface area contributed by atoms with E-state index in [0.717, 1.165) is 5.56 Å². The highest BCUT2D eigenvalue weighted by atomic mass is 16.5. The lowest BCUT2D eigenvalue weighted by molar-refractivity contribution is -0.116. The summed E-state index contributed by atoms with van der Waals surface area (Å²) in [5.41, 5.74) is 1.45. The second-order valence-electron chi connectivity index (χ2n) is 3.59. The summed E-state index contributed by atoms with van der Waals surface area (Å²) in [5.74, 6) is 0.571. The Hall–Kier alpha value is -1.84. The molecule has 0 atom stereocenters. The molecule has 0 aliphatic heterocycles. The fraction of sp³-hybridized carbons (Fsp3) is 0.333. The maximum absolute atomic E-state index is 11.1. The monoisotopic (exact) mass is 221 g/mol. The van der Waals surface area contributed by atoms with Gasteiger partial charge in [-0.2, -0.15) is 0 Å². The van der Waals surface area contributed by atoms with Gasteiger partial charge in [0.25, 0.3) is 0 Å². The number of amides is 1. The van der Waals surface area contributed by atoms with E-state index in [-0.39, 0.29) is 11.7 Å². The van der Waals surface area contributed by atoms with Crippen molar-refractivity contribution in [2.75, 3.05) is 12.4 Å². The van der Waals surface area contributed by atoms with Crippen molar-refractivity contribution >= 4 is 17.4 Å². The zero-order valence-electron chi connectivity index (χ0n) is 9.66. The van der Waals surface area contributed by atoms with Gasteiger partial charge in [-0.05, 0) is 25.1 Å². The molecule has 16 heavy (non-hydrogen) atoms. The highest BCUT2D eigenvalue weighted by Crippen LogP contribution is 2.23. The summed E-state index contributed by atoms with van der Waals surface area (Å²) in [6.45, 7) is 2.96. The highest BCUT2D eigenvalue weighted by molar-refractivity contribution is 5.89. The van der Waals surface area contributed by atoms with Crippen molar-refractivity contribution in [3.63, 3.8) is 0 Å². The van der Waals surface area contributed by atoms with Crippen LogP contribution < -0.4 is 10.1 Å². The lowest BCUT2D eigenvalue weighted by atomic mass is 10.1. The average molecular weight is 221 g/mol. The first-order valence-electron chi connectivity index (χ1n) is 4.97. The lowest BCUT2D eigenvalue weighted by Crippen LogP contribution is -2.07. The zero-order valence-corrected chi connectivity index (χ0v) is 9.66. The second kappa shape index (κ2) is 5.30. The molecule has 86 valence electrons. The quantitative estimate of drug-likeness (QED) is 0.843. The number of anilines is 1. The molecule has 0 aliphatic rings. The van der Waals surface area contributed by atoms with Crippen LogP contribution in [-0.2, 0) is 16.0 Å². The van der Waals surface area contributed by atoms with Crippen molar-refractivity contribution in [2.24, 2.45) is 0 Å². The van der Waals surface area contributed by atoms with E-state index < -0.39 is 0 Å². The smallest absolute Gasteiger partial charge is 0.221 e. The number of hydrogen-bond donors (Lipinski definition) is 1. The molecule has 1 rings (SSSR count). The number of ketones is 1. The minimum absolute atomic E-state index is 0.0540. The topological polar surface area (TPSA) is 55.4 Å². The molecule has 0 aromatic heterocycles. The normalized spacial score (nSPS) is 9.69. The molecule has 4 nitrogen and oxygen atoms in total. The van der Waals surface area contributed by atoms with Gasteiger partial charge in [0.15, 0.2) is 0 Å². The van der Waals surface area contributed by atoms with Crippen molar-refractivity contribution in [1.29, 1.82) is 0 Å². The number of carbonyl (C=O) groups excluding carboxylic acids is 2. The molecule has 1 aromatic carbocycles. The second-order valence-corrected chi connectivity index (χ2v) is 3.59. The van der Waals surface area contributed by atoms with Crippen LogP contribution in [0.25, 0.3) is 0 Å². The maximum atomic E-state index is 11.1. The molecule has 4 heteroatoms. The largest absolute Gasteiger partial charge is 0.496 e. The molecule has 0 heterocycles.